The van der Waals surface area contributed by atoms with Crippen LogP contribution in [-0.2, 0) is 0 Å². The first kappa shape index (κ1) is 10.2. The molecule has 17 heavy (non-hydrogen) atoms. The van der Waals surface area contributed by atoms with E-state index in [4.69, 9.17) is 5.73 Å². The highest BCUT2D eigenvalue weighted by atomic mass is 16.3. The molecule has 0 fully saturated rings. The van der Waals surface area contributed by atoms with Crippen molar-refractivity contribution in [2.24, 2.45) is 5.73 Å². The molecule has 3 heteroatoms. The van der Waals surface area contributed by atoms with Crippen molar-refractivity contribution in [2.75, 3.05) is 6.54 Å². The van der Waals surface area contributed by atoms with Crippen LogP contribution >= 0.6 is 0 Å². The van der Waals surface area contributed by atoms with Gasteiger partial charge < -0.3 is 15.9 Å². The molecule has 0 heterocycles. The number of nitrogens with two attached hydrogens (primary N) is 1. The lowest BCUT2D eigenvalue weighted by molar-refractivity contribution is 0.405. The lowest BCUT2D eigenvalue weighted by Gasteiger charge is -2.10. The monoisotopic (exact) mass is 227 g/mol. The van der Waals surface area contributed by atoms with E-state index in [0.29, 0.717) is 6.54 Å². The van der Waals surface area contributed by atoms with Gasteiger partial charge in [-0.2, -0.15) is 0 Å². The summed E-state index contributed by atoms with van der Waals surface area (Å²) in [5.41, 5.74) is 9.60. The van der Waals surface area contributed by atoms with E-state index in [1.54, 1.807) is 0 Å². The number of benzene rings is 2. The first-order chi connectivity index (χ1) is 8.24. The topological polar surface area (TPSA) is 66.5 Å². The summed E-state index contributed by atoms with van der Waals surface area (Å²) in [5, 5.41) is 19.6. The molecule has 0 radical (unpaired) electrons. The minimum Gasteiger partial charge on any atom is -0.504 e. The highest BCUT2D eigenvalue weighted by molar-refractivity contribution is 5.85. The van der Waals surface area contributed by atoms with Crippen LogP contribution in [0.15, 0.2) is 36.4 Å². The van der Waals surface area contributed by atoms with Crippen molar-refractivity contribution < 1.29 is 10.2 Å². The molecule has 0 aromatic heterocycles. The van der Waals surface area contributed by atoms with Gasteiger partial charge in [0.15, 0.2) is 11.5 Å². The quantitative estimate of drug-likeness (QED) is 0.654. The molecule has 1 atom stereocenters. The summed E-state index contributed by atoms with van der Waals surface area (Å²) in [7, 11) is 0. The molecule has 0 saturated heterocycles. The Morgan fingerprint density at radius 3 is 2.53 bits per heavy atom. The molecule has 0 aliphatic heterocycles. The van der Waals surface area contributed by atoms with Crippen molar-refractivity contribution in [1.29, 1.82) is 0 Å². The Morgan fingerprint density at radius 1 is 1.00 bits per heavy atom. The van der Waals surface area contributed by atoms with Gasteiger partial charge in [-0.15, -0.1) is 0 Å². The number of hydrogen-bond acceptors (Lipinski definition) is 3. The second-order valence-corrected chi connectivity index (χ2v) is 4.27. The third-order valence-electron chi connectivity index (χ3n) is 3.41. The molecule has 0 unspecified atom stereocenters. The zero-order valence-electron chi connectivity index (χ0n) is 9.22. The van der Waals surface area contributed by atoms with Gasteiger partial charge >= 0.3 is 0 Å². The molecule has 4 N–H and O–H groups in total. The Balaban J connectivity index is 2.36. The predicted octanol–water partition coefficient (Wildman–Crippen LogP) is 2.17. The standard InChI is InChI=1S/C14H13NO2/c15-7-11-8-3-1-2-4-9(8)13-10(11)5-6-12(16)14(13)17/h1-6,11,16-17H,7,15H2/t11-/m1/s1. The molecule has 0 spiro atoms. The van der Waals surface area contributed by atoms with Crippen LogP contribution in [0, 0.1) is 0 Å². The van der Waals surface area contributed by atoms with Crippen LogP contribution in [-0.4, -0.2) is 16.8 Å². The number of aromatic hydroxyl groups is 2. The van der Waals surface area contributed by atoms with Crippen LogP contribution < -0.4 is 5.73 Å². The van der Waals surface area contributed by atoms with Crippen molar-refractivity contribution in [2.45, 2.75) is 5.92 Å². The Hall–Kier alpha value is -2.00. The number of rotatable bonds is 1. The Labute approximate surface area is 99.1 Å². The van der Waals surface area contributed by atoms with Crippen LogP contribution in [0.2, 0.25) is 0 Å². The van der Waals surface area contributed by atoms with E-state index < -0.39 is 0 Å². The van der Waals surface area contributed by atoms with Crippen molar-refractivity contribution in [3.05, 3.63) is 47.5 Å². The average Bonchev–Trinajstić information content (AvgIpc) is 2.68. The van der Waals surface area contributed by atoms with E-state index in [1.807, 2.05) is 30.3 Å². The highest BCUT2D eigenvalue weighted by Crippen LogP contribution is 2.50. The normalized spacial score (nSPS) is 16.6. The molecule has 0 amide bonds. The van der Waals surface area contributed by atoms with E-state index in [1.165, 1.54) is 6.07 Å². The van der Waals surface area contributed by atoms with Crippen molar-refractivity contribution in [3.8, 4) is 22.6 Å². The summed E-state index contributed by atoms with van der Waals surface area (Å²) in [6.45, 7) is 0.494. The number of hydrogen-bond donors (Lipinski definition) is 3. The van der Waals surface area contributed by atoms with Gasteiger partial charge in [0.2, 0.25) is 0 Å². The summed E-state index contributed by atoms with van der Waals surface area (Å²) in [6.07, 6.45) is 0. The van der Waals surface area contributed by atoms with Crippen molar-refractivity contribution in [3.63, 3.8) is 0 Å². The molecule has 2 aromatic rings. The summed E-state index contributed by atoms with van der Waals surface area (Å²) < 4.78 is 0. The fraction of sp³-hybridized carbons (Fsp3) is 0.143. The maximum atomic E-state index is 9.99. The second kappa shape index (κ2) is 3.50. The molecule has 0 saturated carbocycles. The van der Waals surface area contributed by atoms with E-state index in [0.717, 1.165) is 22.3 Å². The third-order valence-corrected chi connectivity index (χ3v) is 3.41. The summed E-state index contributed by atoms with van der Waals surface area (Å²) in [6, 6.07) is 11.2. The van der Waals surface area contributed by atoms with Gasteiger partial charge in [-0.3, -0.25) is 0 Å². The van der Waals surface area contributed by atoms with E-state index >= 15 is 0 Å². The van der Waals surface area contributed by atoms with Crippen LogP contribution in [0.5, 0.6) is 11.5 Å². The highest BCUT2D eigenvalue weighted by Gasteiger charge is 2.30. The fourth-order valence-electron chi connectivity index (χ4n) is 2.62. The van der Waals surface area contributed by atoms with E-state index in [9.17, 15) is 10.2 Å². The lowest BCUT2D eigenvalue weighted by atomic mass is 9.97. The molecule has 1 aliphatic carbocycles. The van der Waals surface area contributed by atoms with Gasteiger partial charge in [0.25, 0.3) is 0 Å². The number of phenolic OH excluding ortho intramolecular Hbond substituents is 2. The average molecular weight is 227 g/mol. The van der Waals surface area contributed by atoms with Gasteiger partial charge in [-0.1, -0.05) is 30.3 Å². The predicted molar refractivity (Wildman–Crippen MR) is 66.1 cm³/mol. The zero-order chi connectivity index (χ0) is 12.0. The number of fused-ring (bicyclic) bond motifs is 3. The third kappa shape index (κ3) is 1.26. The molecular weight excluding hydrogens is 214 g/mol. The maximum Gasteiger partial charge on any atom is 0.165 e. The van der Waals surface area contributed by atoms with E-state index in [2.05, 4.69) is 0 Å². The van der Waals surface area contributed by atoms with Gasteiger partial charge in [0.1, 0.15) is 0 Å². The smallest absolute Gasteiger partial charge is 0.165 e. The van der Waals surface area contributed by atoms with E-state index in [-0.39, 0.29) is 17.4 Å². The van der Waals surface area contributed by atoms with Crippen molar-refractivity contribution >= 4 is 0 Å². The Bertz CT molecular complexity index is 593. The molecule has 3 rings (SSSR count). The molecule has 3 nitrogen and oxygen atoms in total. The van der Waals surface area contributed by atoms with Crippen LogP contribution in [0.3, 0.4) is 0 Å². The summed E-state index contributed by atoms with van der Waals surface area (Å²) >= 11 is 0. The van der Waals surface area contributed by atoms with Gasteiger partial charge in [-0.25, -0.2) is 0 Å². The molecule has 1 aliphatic rings. The maximum absolute atomic E-state index is 9.99. The van der Waals surface area contributed by atoms with Crippen LogP contribution in [0.25, 0.3) is 11.1 Å². The molecule has 0 bridgehead atoms. The second-order valence-electron chi connectivity index (χ2n) is 4.27. The lowest BCUT2D eigenvalue weighted by Crippen LogP contribution is -2.10. The molecular formula is C14H13NO2. The molecule has 86 valence electrons. The first-order valence-corrected chi connectivity index (χ1v) is 5.58. The number of phenols is 2. The van der Waals surface area contributed by atoms with Crippen LogP contribution in [0.1, 0.15) is 17.0 Å². The van der Waals surface area contributed by atoms with Crippen LogP contribution in [0.4, 0.5) is 0 Å². The molecule has 2 aromatic carbocycles. The van der Waals surface area contributed by atoms with Crippen molar-refractivity contribution in [1.82, 2.24) is 0 Å². The fourth-order valence-corrected chi connectivity index (χ4v) is 2.62. The zero-order valence-corrected chi connectivity index (χ0v) is 9.22. The van der Waals surface area contributed by atoms with Gasteiger partial charge in [-0.05, 0) is 22.8 Å². The summed E-state index contributed by atoms with van der Waals surface area (Å²) in [5.74, 6) is -0.0326. The largest absolute Gasteiger partial charge is 0.504 e. The minimum atomic E-state index is -0.0868. The minimum absolute atomic E-state index is 0.0501. The Kier molecular flexibility index (Phi) is 2.09. The summed E-state index contributed by atoms with van der Waals surface area (Å²) in [4.78, 5) is 0. The van der Waals surface area contributed by atoms with Gasteiger partial charge in [0.05, 0.1) is 0 Å². The SMILES string of the molecule is NC[C@@H]1c2ccccc2-c2c1ccc(O)c2O. The Morgan fingerprint density at radius 2 is 1.76 bits per heavy atom. The van der Waals surface area contributed by atoms with Gasteiger partial charge in [0, 0.05) is 18.0 Å². The first-order valence-electron chi connectivity index (χ1n) is 5.58.